The van der Waals surface area contributed by atoms with E-state index in [0.29, 0.717) is 12.3 Å². The van der Waals surface area contributed by atoms with Crippen molar-refractivity contribution in [1.29, 1.82) is 0 Å². The van der Waals surface area contributed by atoms with Crippen molar-refractivity contribution in [2.45, 2.75) is 199 Å². The minimum absolute atomic E-state index is 0.0514. The van der Waals surface area contributed by atoms with Gasteiger partial charge in [-0.05, 0) is 109 Å². The molecular formula is C48H76O17. The Kier molecular flexibility index (Phi) is 13.4. The van der Waals surface area contributed by atoms with Gasteiger partial charge in [0.1, 0.15) is 54.9 Å². The maximum absolute atomic E-state index is 13.8. The molecule has 0 amide bonds. The lowest BCUT2D eigenvalue weighted by Crippen LogP contribution is -2.68. The first-order valence-electron chi connectivity index (χ1n) is 23.9. The van der Waals surface area contributed by atoms with Crippen LogP contribution >= 0.6 is 0 Å². The number of methoxy groups -OCH3 is 2. The summed E-state index contributed by atoms with van der Waals surface area (Å²) in [6, 6.07) is 0. The largest absolute Gasteiger partial charge is 0.469 e. The van der Waals surface area contributed by atoms with Gasteiger partial charge in [0.15, 0.2) is 25.0 Å². The lowest BCUT2D eigenvalue weighted by Gasteiger charge is -2.71. The molecule has 8 rings (SSSR count). The van der Waals surface area contributed by atoms with E-state index in [1.54, 1.807) is 0 Å². The number of aliphatic hydroxyl groups excluding tert-OH is 7. The number of carbonyl (C=O) groups is 2. The molecule has 0 aromatic rings. The quantitative estimate of drug-likeness (QED) is 0.105. The van der Waals surface area contributed by atoms with E-state index < -0.39 is 116 Å². The summed E-state index contributed by atoms with van der Waals surface area (Å²) < 4.78 is 47.4. The van der Waals surface area contributed by atoms with Crippen LogP contribution in [0.1, 0.15) is 113 Å². The van der Waals surface area contributed by atoms with Gasteiger partial charge < -0.3 is 73.6 Å². The molecule has 0 aromatic carbocycles. The zero-order valence-electron chi connectivity index (χ0n) is 39.6. The average Bonchev–Trinajstić information content (AvgIpc) is 3.26. The van der Waals surface area contributed by atoms with Gasteiger partial charge in [0.25, 0.3) is 0 Å². The highest BCUT2D eigenvalue weighted by molar-refractivity contribution is 5.78. The predicted octanol–water partition coefficient (Wildman–Crippen LogP) is 2.25. The summed E-state index contributed by atoms with van der Waals surface area (Å²) >= 11 is 0. The minimum Gasteiger partial charge on any atom is -0.469 e. The molecule has 5 aliphatic carbocycles. The highest BCUT2D eigenvalue weighted by Crippen LogP contribution is 2.76. The number of esters is 2. The third-order valence-corrected chi connectivity index (χ3v) is 18.9. The van der Waals surface area contributed by atoms with Crippen LogP contribution in [0.3, 0.4) is 0 Å². The fourth-order valence-corrected chi connectivity index (χ4v) is 14.8. The number of aliphatic hydroxyl groups is 7. The summed E-state index contributed by atoms with van der Waals surface area (Å²) in [4.78, 5) is 27.1. The van der Waals surface area contributed by atoms with Crippen molar-refractivity contribution in [3.63, 3.8) is 0 Å². The van der Waals surface area contributed by atoms with Crippen molar-refractivity contribution < 1.29 is 83.2 Å². The van der Waals surface area contributed by atoms with Crippen LogP contribution in [0.25, 0.3) is 0 Å². The molecule has 0 radical (unpaired) electrons. The second kappa shape index (κ2) is 17.5. The zero-order valence-corrected chi connectivity index (χ0v) is 39.6. The Morgan fingerprint density at radius 3 is 1.85 bits per heavy atom. The molecule has 0 bridgehead atoms. The van der Waals surface area contributed by atoms with E-state index in [4.69, 9.17) is 37.9 Å². The molecule has 17 nitrogen and oxygen atoms in total. The zero-order chi connectivity index (χ0) is 47.4. The van der Waals surface area contributed by atoms with Crippen LogP contribution in [-0.4, -0.2) is 161 Å². The fourth-order valence-electron chi connectivity index (χ4n) is 14.8. The van der Waals surface area contributed by atoms with Gasteiger partial charge in [-0.25, -0.2) is 4.79 Å². The molecule has 17 heteroatoms. The standard InChI is InChI=1S/C48H76O17/c1-43(2)16-18-48(42(57)59-9)19-17-46(6)23(24(48)20-43)10-11-28-45(5)14-13-29(44(3,4)27(45)12-15-47(28,46)7)62-41-37(65-40-33(54)31(52)26(50)22-61-40)35(34(55)36(64-41)38(56)58-8)63-39-32(53)30(51)25(49)21-60-39/h10,24-37,39-41,49-55H,11-22H2,1-9H3/t24-,25-,26+,27-,28+,29-,30-,31-,32+,33+,34-,35-,36-,37+,39-,40-,41+,45-,46+,47+,48-/m0/s1. The first-order chi connectivity index (χ1) is 30.4. The third kappa shape index (κ3) is 7.86. The summed E-state index contributed by atoms with van der Waals surface area (Å²) in [7, 11) is 2.66. The molecular weight excluding hydrogens is 849 g/mol. The minimum atomic E-state index is -1.86. The molecule has 0 unspecified atom stereocenters. The van der Waals surface area contributed by atoms with Gasteiger partial charge in [0.2, 0.25) is 0 Å². The normalized spacial score (nSPS) is 51.5. The Morgan fingerprint density at radius 2 is 1.25 bits per heavy atom. The van der Waals surface area contributed by atoms with Gasteiger partial charge in [-0.2, -0.15) is 0 Å². The third-order valence-electron chi connectivity index (χ3n) is 18.9. The molecule has 21 atom stereocenters. The van der Waals surface area contributed by atoms with Crippen LogP contribution in [0.15, 0.2) is 11.6 Å². The number of hydrogen-bond donors (Lipinski definition) is 7. The molecule has 0 spiro atoms. The van der Waals surface area contributed by atoms with Crippen molar-refractivity contribution in [2.24, 2.45) is 50.2 Å². The summed E-state index contributed by atoms with van der Waals surface area (Å²) in [5.74, 6) is -0.417. The molecule has 370 valence electrons. The molecule has 3 aliphatic heterocycles. The number of hydrogen-bond acceptors (Lipinski definition) is 17. The van der Waals surface area contributed by atoms with E-state index >= 15 is 0 Å². The van der Waals surface area contributed by atoms with E-state index in [0.717, 1.165) is 64.9 Å². The summed E-state index contributed by atoms with van der Waals surface area (Å²) in [5.41, 5.74) is 0.263. The number of fused-ring (bicyclic) bond motifs is 7. The van der Waals surface area contributed by atoms with Crippen LogP contribution in [0, 0.1) is 50.2 Å². The molecule has 3 heterocycles. The van der Waals surface area contributed by atoms with E-state index in [9.17, 15) is 45.3 Å². The smallest absolute Gasteiger partial charge is 0.337 e. The van der Waals surface area contributed by atoms with E-state index in [1.165, 1.54) is 12.7 Å². The molecule has 0 aromatic heterocycles. The maximum Gasteiger partial charge on any atom is 0.337 e. The van der Waals surface area contributed by atoms with Crippen molar-refractivity contribution in [3.8, 4) is 0 Å². The summed E-state index contributed by atoms with van der Waals surface area (Å²) in [6.45, 7) is 15.6. The van der Waals surface area contributed by atoms with Gasteiger partial charge in [-0.3, -0.25) is 4.79 Å². The molecule has 7 fully saturated rings. The van der Waals surface area contributed by atoms with Crippen LogP contribution in [-0.2, 0) is 47.5 Å². The Hall–Kier alpha value is -1.84. The van der Waals surface area contributed by atoms with Gasteiger partial charge in [0, 0.05) is 0 Å². The number of ether oxygens (including phenoxy) is 8. The Morgan fingerprint density at radius 1 is 0.646 bits per heavy atom. The lowest BCUT2D eigenvalue weighted by atomic mass is 9.33. The van der Waals surface area contributed by atoms with Crippen molar-refractivity contribution in [2.75, 3.05) is 27.4 Å². The highest BCUT2D eigenvalue weighted by Gasteiger charge is 2.70. The van der Waals surface area contributed by atoms with Crippen molar-refractivity contribution in [1.82, 2.24) is 0 Å². The Labute approximate surface area is 382 Å². The van der Waals surface area contributed by atoms with Crippen LogP contribution in [0.5, 0.6) is 0 Å². The molecule has 8 aliphatic rings. The maximum atomic E-state index is 13.8. The van der Waals surface area contributed by atoms with E-state index in [1.807, 2.05) is 0 Å². The van der Waals surface area contributed by atoms with Crippen LogP contribution in [0.2, 0.25) is 0 Å². The summed E-state index contributed by atoms with van der Waals surface area (Å²) in [5, 5.41) is 75.2. The van der Waals surface area contributed by atoms with Gasteiger partial charge in [-0.15, -0.1) is 0 Å². The Bertz CT molecular complexity index is 1810. The second-order valence-corrected chi connectivity index (χ2v) is 23.0. The second-order valence-electron chi connectivity index (χ2n) is 23.0. The van der Waals surface area contributed by atoms with Gasteiger partial charge >= 0.3 is 11.9 Å². The number of carbonyl (C=O) groups excluding carboxylic acids is 2. The topological polar surface area (TPSA) is 250 Å². The summed E-state index contributed by atoms with van der Waals surface area (Å²) in [6.07, 6.45) is -10.6. The fraction of sp³-hybridized carbons (Fsp3) is 0.917. The monoisotopic (exact) mass is 925 g/mol. The first-order valence-corrected chi connectivity index (χ1v) is 23.9. The molecule has 3 saturated heterocycles. The van der Waals surface area contributed by atoms with Gasteiger partial charge in [-0.1, -0.05) is 60.1 Å². The Balaban J connectivity index is 1.10. The molecule has 65 heavy (non-hydrogen) atoms. The van der Waals surface area contributed by atoms with Crippen molar-refractivity contribution in [3.05, 3.63) is 11.6 Å². The van der Waals surface area contributed by atoms with Crippen molar-refractivity contribution >= 4 is 11.9 Å². The van der Waals surface area contributed by atoms with E-state index in [-0.39, 0.29) is 39.5 Å². The van der Waals surface area contributed by atoms with Crippen LogP contribution < -0.4 is 0 Å². The number of allylic oxidation sites excluding steroid dienone is 2. The SMILES string of the molecule is COC(=O)[C@H]1O[C@@H](O[C@H]2CC[C@]3(C)[C@H]4CC=C5[C@@H]6CC(C)(C)CC[C@]6(C(=O)OC)CC[C@@]5(C)[C@]4(C)CC[C@H]3C2(C)C)[C@H](O[C@@H]2OC[C@@H](O)[C@H](O)[C@H]2O)[C@@H](O[C@@H]2OC[C@H](O)[C@H](O)[C@H]2O)[C@@H]1O. The lowest BCUT2D eigenvalue weighted by molar-refractivity contribution is -0.387. The average molecular weight is 925 g/mol. The van der Waals surface area contributed by atoms with E-state index in [2.05, 4.69) is 54.5 Å². The first kappa shape index (κ1) is 49.6. The van der Waals surface area contributed by atoms with Gasteiger partial charge in [0.05, 0.1) is 39.0 Å². The molecule has 4 saturated carbocycles. The predicted molar refractivity (Wildman–Crippen MR) is 228 cm³/mol. The van der Waals surface area contributed by atoms with Crippen LogP contribution in [0.4, 0.5) is 0 Å². The highest BCUT2D eigenvalue weighted by atomic mass is 16.8. The number of rotatable bonds is 8. The molecule has 7 N–H and O–H groups in total.